The van der Waals surface area contributed by atoms with Crippen LogP contribution in [0.4, 0.5) is 11.5 Å². The summed E-state index contributed by atoms with van der Waals surface area (Å²) in [5.74, 6) is 0.825. The SMILES string of the molecule is O=C(Nc1ccc(N2CCCCC2)nc1)c1ccc2nc[nH]c2c1. The molecule has 1 aliphatic rings. The first-order chi connectivity index (χ1) is 11.8. The van der Waals surface area contributed by atoms with E-state index in [1.54, 1.807) is 24.7 Å². The zero-order chi connectivity index (χ0) is 16.4. The Labute approximate surface area is 139 Å². The minimum atomic E-state index is -0.154. The summed E-state index contributed by atoms with van der Waals surface area (Å²) in [5, 5.41) is 2.89. The monoisotopic (exact) mass is 321 g/mol. The summed E-state index contributed by atoms with van der Waals surface area (Å²) in [4.78, 5) is 26.3. The van der Waals surface area contributed by atoms with Gasteiger partial charge in [0, 0.05) is 18.7 Å². The number of nitrogens with zero attached hydrogens (tertiary/aromatic N) is 3. The number of hydrogen-bond donors (Lipinski definition) is 2. The number of piperidine rings is 1. The zero-order valence-corrected chi connectivity index (χ0v) is 13.3. The molecule has 6 nitrogen and oxygen atoms in total. The number of aromatic amines is 1. The van der Waals surface area contributed by atoms with Crippen LogP contribution in [-0.2, 0) is 0 Å². The number of fused-ring (bicyclic) bond motifs is 1. The third-order valence-electron chi connectivity index (χ3n) is 4.37. The van der Waals surface area contributed by atoms with Gasteiger partial charge in [0.1, 0.15) is 5.82 Å². The summed E-state index contributed by atoms with van der Waals surface area (Å²) < 4.78 is 0. The molecule has 3 heterocycles. The quantitative estimate of drug-likeness (QED) is 0.777. The average Bonchev–Trinajstić information content (AvgIpc) is 3.11. The van der Waals surface area contributed by atoms with Crippen LogP contribution in [0.3, 0.4) is 0 Å². The van der Waals surface area contributed by atoms with Gasteiger partial charge in [0.05, 0.1) is 29.2 Å². The van der Waals surface area contributed by atoms with Crippen molar-refractivity contribution >= 4 is 28.4 Å². The molecule has 0 saturated carbocycles. The van der Waals surface area contributed by atoms with Gasteiger partial charge < -0.3 is 15.2 Å². The molecule has 0 aliphatic carbocycles. The van der Waals surface area contributed by atoms with Crippen molar-refractivity contribution in [1.82, 2.24) is 15.0 Å². The molecule has 1 aliphatic heterocycles. The molecular weight excluding hydrogens is 302 g/mol. The van der Waals surface area contributed by atoms with Crippen LogP contribution in [-0.4, -0.2) is 33.9 Å². The Morgan fingerprint density at radius 2 is 1.96 bits per heavy atom. The van der Waals surface area contributed by atoms with E-state index in [1.165, 1.54) is 19.3 Å². The third kappa shape index (κ3) is 2.95. The van der Waals surface area contributed by atoms with Crippen LogP contribution in [0.25, 0.3) is 11.0 Å². The average molecular weight is 321 g/mol. The highest BCUT2D eigenvalue weighted by Gasteiger charge is 2.12. The normalized spacial score (nSPS) is 14.8. The Balaban J connectivity index is 1.46. The fourth-order valence-corrected chi connectivity index (χ4v) is 3.05. The van der Waals surface area contributed by atoms with Crippen molar-refractivity contribution in [3.05, 3.63) is 48.4 Å². The van der Waals surface area contributed by atoms with Crippen molar-refractivity contribution in [2.24, 2.45) is 0 Å². The Kier molecular flexibility index (Phi) is 3.86. The van der Waals surface area contributed by atoms with Crippen LogP contribution in [0.1, 0.15) is 29.6 Å². The number of amides is 1. The maximum atomic E-state index is 12.4. The number of hydrogen-bond acceptors (Lipinski definition) is 4. The van der Waals surface area contributed by atoms with Crippen LogP contribution < -0.4 is 10.2 Å². The lowest BCUT2D eigenvalue weighted by Gasteiger charge is -2.27. The summed E-state index contributed by atoms with van der Waals surface area (Å²) in [6.07, 6.45) is 7.07. The largest absolute Gasteiger partial charge is 0.357 e. The zero-order valence-electron chi connectivity index (χ0n) is 13.3. The van der Waals surface area contributed by atoms with Crippen molar-refractivity contribution in [3.63, 3.8) is 0 Å². The molecular formula is C18H19N5O. The van der Waals surface area contributed by atoms with Gasteiger partial charge in [0.25, 0.3) is 5.91 Å². The van der Waals surface area contributed by atoms with Crippen LogP contribution in [0, 0.1) is 0 Å². The molecule has 122 valence electrons. The van der Waals surface area contributed by atoms with E-state index in [0.29, 0.717) is 11.3 Å². The molecule has 3 aromatic rings. The van der Waals surface area contributed by atoms with Gasteiger partial charge in [0.15, 0.2) is 0 Å². The number of carbonyl (C=O) groups excluding carboxylic acids is 1. The van der Waals surface area contributed by atoms with E-state index in [9.17, 15) is 4.79 Å². The highest BCUT2D eigenvalue weighted by atomic mass is 16.1. The predicted octanol–water partition coefficient (Wildman–Crippen LogP) is 3.20. The first-order valence-corrected chi connectivity index (χ1v) is 8.25. The van der Waals surface area contributed by atoms with Gasteiger partial charge in [-0.05, 0) is 49.6 Å². The molecule has 1 amide bonds. The molecule has 2 N–H and O–H groups in total. The number of pyridine rings is 1. The molecule has 0 spiro atoms. The molecule has 0 atom stereocenters. The Bertz CT molecular complexity index is 849. The van der Waals surface area contributed by atoms with Gasteiger partial charge in [-0.3, -0.25) is 4.79 Å². The van der Waals surface area contributed by atoms with Gasteiger partial charge in [-0.2, -0.15) is 0 Å². The van der Waals surface area contributed by atoms with Crippen LogP contribution in [0.15, 0.2) is 42.9 Å². The molecule has 1 aromatic carbocycles. The lowest BCUT2D eigenvalue weighted by atomic mass is 10.1. The first kappa shape index (κ1) is 14.7. The van der Waals surface area contributed by atoms with E-state index < -0.39 is 0 Å². The highest BCUT2D eigenvalue weighted by molar-refractivity contribution is 6.05. The second-order valence-corrected chi connectivity index (χ2v) is 6.04. The number of anilines is 2. The molecule has 4 rings (SSSR count). The van der Waals surface area contributed by atoms with Gasteiger partial charge in [-0.25, -0.2) is 9.97 Å². The van der Waals surface area contributed by atoms with E-state index in [4.69, 9.17) is 0 Å². The number of benzene rings is 1. The van der Waals surface area contributed by atoms with E-state index >= 15 is 0 Å². The van der Waals surface area contributed by atoms with E-state index in [-0.39, 0.29) is 5.91 Å². The number of carbonyl (C=O) groups is 1. The summed E-state index contributed by atoms with van der Waals surface area (Å²) in [5.41, 5.74) is 2.98. The lowest BCUT2D eigenvalue weighted by molar-refractivity contribution is 0.102. The van der Waals surface area contributed by atoms with Gasteiger partial charge in [0.2, 0.25) is 0 Å². The van der Waals surface area contributed by atoms with Crippen molar-refractivity contribution in [1.29, 1.82) is 0 Å². The fraction of sp³-hybridized carbons (Fsp3) is 0.278. The Hall–Kier alpha value is -2.89. The third-order valence-corrected chi connectivity index (χ3v) is 4.37. The van der Waals surface area contributed by atoms with Crippen molar-refractivity contribution in [2.45, 2.75) is 19.3 Å². The molecule has 0 bridgehead atoms. The number of rotatable bonds is 3. The second kappa shape index (κ2) is 6.31. The maximum Gasteiger partial charge on any atom is 0.255 e. The lowest BCUT2D eigenvalue weighted by Crippen LogP contribution is -2.30. The standard InChI is InChI=1S/C18H19N5O/c24-18(13-4-6-15-16(10-13)21-12-20-15)22-14-5-7-17(19-11-14)23-8-2-1-3-9-23/h4-7,10-12H,1-3,8-9H2,(H,20,21)(H,22,24). The van der Waals surface area contributed by atoms with Crippen molar-refractivity contribution in [3.8, 4) is 0 Å². The fourth-order valence-electron chi connectivity index (χ4n) is 3.05. The topological polar surface area (TPSA) is 73.9 Å². The number of H-pyrrole nitrogens is 1. The van der Waals surface area contributed by atoms with Gasteiger partial charge in [-0.1, -0.05) is 0 Å². The van der Waals surface area contributed by atoms with E-state index in [1.807, 2.05) is 18.2 Å². The number of nitrogens with one attached hydrogen (secondary N) is 2. The summed E-state index contributed by atoms with van der Waals surface area (Å²) in [6.45, 7) is 2.12. The Morgan fingerprint density at radius 1 is 1.08 bits per heavy atom. The molecule has 1 fully saturated rings. The predicted molar refractivity (Wildman–Crippen MR) is 94.3 cm³/mol. The van der Waals surface area contributed by atoms with Crippen LogP contribution in [0.2, 0.25) is 0 Å². The highest BCUT2D eigenvalue weighted by Crippen LogP contribution is 2.19. The number of aromatic nitrogens is 3. The molecule has 0 unspecified atom stereocenters. The van der Waals surface area contributed by atoms with Crippen LogP contribution in [0.5, 0.6) is 0 Å². The van der Waals surface area contributed by atoms with E-state index in [2.05, 4.69) is 25.2 Å². The van der Waals surface area contributed by atoms with Gasteiger partial charge >= 0.3 is 0 Å². The molecule has 2 aromatic heterocycles. The second-order valence-electron chi connectivity index (χ2n) is 6.04. The number of imidazole rings is 1. The maximum absolute atomic E-state index is 12.4. The van der Waals surface area contributed by atoms with Crippen LogP contribution >= 0.6 is 0 Å². The summed E-state index contributed by atoms with van der Waals surface area (Å²) in [7, 11) is 0. The van der Waals surface area contributed by atoms with Crippen molar-refractivity contribution in [2.75, 3.05) is 23.3 Å². The minimum Gasteiger partial charge on any atom is -0.357 e. The van der Waals surface area contributed by atoms with Gasteiger partial charge in [-0.15, -0.1) is 0 Å². The molecule has 0 radical (unpaired) electrons. The first-order valence-electron chi connectivity index (χ1n) is 8.25. The summed E-state index contributed by atoms with van der Waals surface area (Å²) >= 11 is 0. The molecule has 24 heavy (non-hydrogen) atoms. The molecule has 1 saturated heterocycles. The summed E-state index contributed by atoms with van der Waals surface area (Å²) in [6, 6.07) is 9.28. The molecule has 6 heteroatoms. The minimum absolute atomic E-state index is 0.154. The van der Waals surface area contributed by atoms with Crippen molar-refractivity contribution < 1.29 is 4.79 Å². The van der Waals surface area contributed by atoms with E-state index in [0.717, 1.165) is 29.9 Å². The Morgan fingerprint density at radius 3 is 2.75 bits per heavy atom. The smallest absolute Gasteiger partial charge is 0.255 e.